The van der Waals surface area contributed by atoms with E-state index in [1.165, 1.54) is 5.56 Å². The largest absolute Gasteiger partial charge is 0.366 e. The Morgan fingerprint density at radius 2 is 1.71 bits per heavy atom. The lowest BCUT2D eigenvalue weighted by molar-refractivity contribution is 0.343. The van der Waals surface area contributed by atoms with E-state index < -0.39 is 10.0 Å². The van der Waals surface area contributed by atoms with Crippen LogP contribution < -0.4 is 4.90 Å². The van der Waals surface area contributed by atoms with Crippen molar-refractivity contribution in [2.75, 3.05) is 24.5 Å². The fourth-order valence-electron chi connectivity index (χ4n) is 3.95. The minimum atomic E-state index is -3.64. The molecule has 1 atom stereocenters. The van der Waals surface area contributed by atoms with Crippen LogP contribution in [0.3, 0.4) is 0 Å². The Hall–Kier alpha value is -2.08. The third-order valence-electron chi connectivity index (χ3n) is 5.36. The second-order valence-corrected chi connectivity index (χ2v) is 9.65. The molecular formula is C22H23ClN2O2S. The number of hydrogen-bond donors (Lipinski definition) is 0. The summed E-state index contributed by atoms with van der Waals surface area (Å²) in [4.78, 5) is 2.56. The second-order valence-electron chi connectivity index (χ2n) is 7.34. The summed E-state index contributed by atoms with van der Waals surface area (Å²) in [6.07, 6.45) is 0. The van der Waals surface area contributed by atoms with Gasteiger partial charge >= 0.3 is 0 Å². The number of piperazine rings is 1. The molecular weight excluding hydrogens is 392 g/mol. The third-order valence-corrected chi connectivity index (χ3v) is 7.58. The molecule has 0 radical (unpaired) electrons. The molecule has 0 aromatic heterocycles. The molecule has 0 saturated carbocycles. The monoisotopic (exact) mass is 414 g/mol. The molecule has 0 aliphatic carbocycles. The average Bonchev–Trinajstić information content (AvgIpc) is 2.67. The van der Waals surface area contributed by atoms with E-state index in [-0.39, 0.29) is 10.9 Å². The molecule has 1 aliphatic rings. The highest BCUT2D eigenvalue weighted by atomic mass is 35.5. The van der Waals surface area contributed by atoms with Crippen LogP contribution in [-0.4, -0.2) is 38.4 Å². The second kappa shape index (κ2) is 7.39. The standard InChI is InChI=1S/C22H23ClN2O2S/c1-16-6-3-9-19(14-16)25-13-12-24(15-17(25)2)28(26,27)21-11-5-8-18-7-4-10-20(23)22(18)21/h3-11,14,17H,12-13,15H2,1-2H3. The lowest BCUT2D eigenvalue weighted by atomic mass is 10.1. The Morgan fingerprint density at radius 1 is 1.00 bits per heavy atom. The van der Waals surface area contributed by atoms with Crippen LogP contribution in [0, 0.1) is 6.92 Å². The van der Waals surface area contributed by atoms with Crippen LogP contribution in [0.5, 0.6) is 0 Å². The minimum absolute atomic E-state index is 0.0794. The summed E-state index contributed by atoms with van der Waals surface area (Å²) < 4.78 is 28.5. The molecule has 1 heterocycles. The molecule has 0 bridgehead atoms. The van der Waals surface area contributed by atoms with E-state index in [1.807, 2.05) is 24.3 Å². The van der Waals surface area contributed by atoms with Crippen LogP contribution in [0.4, 0.5) is 5.69 Å². The Balaban J connectivity index is 1.66. The van der Waals surface area contributed by atoms with Crippen LogP contribution in [-0.2, 0) is 10.0 Å². The predicted molar refractivity (Wildman–Crippen MR) is 116 cm³/mol. The Labute approximate surface area is 171 Å². The van der Waals surface area contributed by atoms with Crippen molar-refractivity contribution in [3.63, 3.8) is 0 Å². The number of sulfonamides is 1. The van der Waals surface area contributed by atoms with E-state index in [4.69, 9.17) is 11.6 Å². The minimum Gasteiger partial charge on any atom is -0.366 e. The first kappa shape index (κ1) is 19.2. The van der Waals surface area contributed by atoms with Gasteiger partial charge in [-0.3, -0.25) is 0 Å². The Kier molecular flexibility index (Phi) is 5.08. The Bertz CT molecular complexity index is 1130. The molecule has 3 aromatic rings. The van der Waals surface area contributed by atoms with E-state index in [1.54, 1.807) is 22.5 Å². The van der Waals surface area contributed by atoms with Gasteiger partial charge in [0.2, 0.25) is 10.0 Å². The van der Waals surface area contributed by atoms with Crippen LogP contribution in [0.15, 0.2) is 65.6 Å². The summed E-state index contributed by atoms with van der Waals surface area (Å²) in [5, 5.41) is 1.89. The van der Waals surface area contributed by atoms with Gasteiger partial charge in [0.05, 0.1) is 4.90 Å². The maximum atomic E-state index is 13.4. The number of fused-ring (bicyclic) bond motifs is 1. The van der Waals surface area contributed by atoms with Crippen LogP contribution in [0.25, 0.3) is 10.8 Å². The highest BCUT2D eigenvalue weighted by Gasteiger charge is 2.33. The topological polar surface area (TPSA) is 40.6 Å². The zero-order valence-corrected chi connectivity index (χ0v) is 17.5. The number of hydrogen-bond acceptors (Lipinski definition) is 3. The van der Waals surface area contributed by atoms with E-state index in [9.17, 15) is 8.42 Å². The number of rotatable bonds is 3. The molecule has 4 rings (SSSR count). The smallest absolute Gasteiger partial charge is 0.243 e. The highest BCUT2D eigenvalue weighted by Crippen LogP contribution is 2.33. The van der Waals surface area contributed by atoms with Gasteiger partial charge < -0.3 is 4.90 Å². The summed E-state index contributed by atoms with van der Waals surface area (Å²) in [7, 11) is -3.64. The summed E-state index contributed by atoms with van der Waals surface area (Å²) in [5.74, 6) is 0. The first-order valence-electron chi connectivity index (χ1n) is 9.38. The molecule has 0 amide bonds. The predicted octanol–water partition coefficient (Wildman–Crippen LogP) is 4.70. The maximum Gasteiger partial charge on any atom is 0.243 e. The van der Waals surface area contributed by atoms with Crippen molar-refractivity contribution in [3.05, 3.63) is 71.2 Å². The lowest BCUT2D eigenvalue weighted by Gasteiger charge is -2.40. The van der Waals surface area contributed by atoms with Gasteiger partial charge in [-0.05, 0) is 49.1 Å². The van der Waals surface area contributed by atoms with Crippen molar-refractivity contribution in [2.45, 2.75) is 24.8 Å². The van der Waals surface area contributed by atoms with Gasteiger partial charge in [0.25, 0.3) is 0 Å². The van der Waals surface area contributed by atoms with Crippen molar-refractivity contribution in [1.29, 1.82) is 0 Å². The molecule has 4 nitrogen and oxygen atoms in total. The number of aryl methyl sites for hydroxylation is 1. The fraction of sp³-hybridized carbons (Fsp3) is 0.273. The van der Waals surface area contributed by atoms with Gasteiger partial charge in [-0.1, -0.05) is 48.0 Å². The lowest BCUT2D eigenvalue weighted by Crippen LogP contribution is -2.53. The molecule has 1 aliphatic heterocycles. The zero-order chi connectivity index (χ0) is 19.9. The Morgan fingerprint density at radius 3 is 2.43 bits per heavy atom. The van der Waals surface area contributed by atoms with E-state index in [0.717, 1.165) is 11.1 Å². The number of benzene rings is 3. The molecule has 1 saturated heterocycles. The molecule has 146 valence electrons. The number of halogens is 1. The average molecular weight is 415 g/mol. The summed E-state index contributed by atoms with van der Waals surface area (Å²) in [6.45, 7) is 5.68. The van der Waals surface area contributed by atoms with Crippen molar-refractivity contribution in [1.82, 2.24) is 4.31 Å². The molecule has 0 N–H and O–H groups in total. The fourth-order valence-corrected chi connectivity index (χ4v) is 6.04. The normalized spacial score (nSPS) is 18.5. The SMILES string of the molecule is Cc1cccc(N2CCN(S(=O)(=O)c3cccc4cccc(Cl)c34)CC2C)c1. The van der Waals surface area contributed by atoms with Gasteiger partial charge in [-0.25, -0.2) is 8.42 Å². The van der Waals surface area contributed by atoms with Crippen molar-refractivity contribution < 1.29 is 8.42 Å². The van der Waals surface area contributed by atoms with E-state index in [2.05, 4.69) is 36.9 Å². The van der Waals surface area contributed by atoms with Crippen molar-refractivity contribution in [2.24, 2.45) is 0 Å². The molecule has 0 spiro atoms. The molecule has 6 heteroatoms. The van der Waals surface area contributed by atoms with E-state index in [0.29, 0.717) is 30.0 Å². The molecule has 28 heavy (non-hydrogen) atoms. The quantitative estimate of drug-likeness (QED) is 0.623. The van der Waals surface area contributed by atoms with Crippen LogP contribution >= 0.6 is 11.6 Å². The molecule has 1 unspecified atom stereocenters. The number of anilines is 1. The van der Waals surface area contributed by atoms with Gasteiger partial charge in [0, 0.05) is 41.8 Å². The molecule has 1 fully saturated rings. The number of nitrogens with zero attached hydrogens (tertiary/aromatic N) is 2. The van der Waals surface area contributed by atoms with Crippen molar-refractivity contribution >= 4 is 38.1 Å². The first-order valence-corrected chi connectivity index (χ1v) is 11.2. The molecule has 3 aromatic carbocycles. The van der Waals surface area contributed by atoms with Gasteiger partial charge in [0.15, 0.2) is 0 Å². The summed E-state index contributed by atoms with van der Waals surface area (Å²) in [6, 6.07) is 19.2. The van der Waals surface area contributed by atoms with E-state index >= 15 is 0 Å². The van der Waals surface area contributed by atoms with Gasteiger partial charge in [0.1, 0.15) is 0 Å². The van der Waals surface area contributed by atoms with Crippen molar-refractivity contribution in [3.8, 4) is 0 Å². The van der Waals surface area contributed by atoms with Crippen LogP contribution in [0.1, 0.15) is 12.5 Å². The van der Waals surface area contributed by atoms with Gasteiger partial charge in [-0.2, -0.15) is 4.31 Å². The third kappa shape index (κ3) is 3.39. The zero-order valence-electron chi connectivity index (χ0n) is 16.0. The first-order chi connectivity index (χ1) is 13.4. The van der Waals surface area contributed by atoms with Gasteiger partial charge in [-0.15, -0.1) is 0 Å². The van der Waals surface area contributed by atoms with Crippen LogP contribution in [0.2, 0.25) is 5.02 Å². The highest BCUT2D eigenvalue weighted by molar-refractivity contribution is 7.89. The maximum absolute atomic E-state index is 13.4. The summed E-state index contributed by atoms with van der Waals surface area (Å²) >= 11 is 6.36. The summed E-state index contributed by atoms with van der Waals surface area (Å²) in [5.41, 5.74) is 2.34.